The molecule has 2 aromatic carbocycles. The molecule has 0 spiro atoms. The number of halogens is 1. The molecule has 0 saturated carbocycles. The summed E-state index contributed by atoms with van der Waals surface area (Å²) in [6.45, 7) is 3.36. The van der Waals surface area contributed by atoms with Crippen molar-refractivity contribution in [3.05, 3.63) is 57.7 Å². The molecule has 0 unspecified atom stereocenters. The van der Waals surface area contributed by atoms with Gasteiger partial charge in [0.05, 0.1) is 13.2 Å². The number of hydrogen-bond donors (Lipinski definition) is 1. The van der Waals surface area contributed by atoms with Crippen molar-refractivity contribution in [2.75, 3.05) is 36.5 Å². The van der Waals surface area contributed by atoms with Gasteiger partial charge in [0.25, 0.3) is 5.91 Å². The lowest BCUT2D eigenvalue weighted by atomic mass is 10.2. The summed E-state index contributed by atoms with van der Waals surface area (Å²) in [7, 11) is 0. The summed E-state index contributed by atoms with van der Waals surface area (Å²) in [5.74, 6) is -0.0855. The maximum atomic E-state index is 12.2. The zero-order chi connectivity index (χ0) is 15.4. The summed E-state index contributed by atoms with van der Waals surface area (Å²) in [5.41, 5.74) is 2.64. The lowest BCUT2D eigenvalue weighted by Gasteiger charge is -2.28. The van der Waals surface area contributed by atoms with Gasteiger partial charge in [-0.25, -0.2) is 0 Å². The quantitative estimate of drug-likeness (QED) is 0.792. The van der Waals surface area contributed by atoms with Crippen molar-refractivity contribution >= 4 is 39.9 Å². The predicted octanol–water partition coefficient (Wildman–Crippen LogP) is 3.38. The summed E-state index contributed by atoms with van der Waals surface area (Å²) in [6.07, 6.45) is 0. The van der Waals surface area contributed by atoms with E-state index in [1.54, 1.807) is 0 Å². The normalized spacial score (nSPS) is 14.7. The number of rotatable bonds is 3. The van der Waals surface area contributed by atoms with Crippen LogP contribution >= 0.6 is 22.6 Å². The summed E-state index contributed by atoms with van der Waals surface area (Å²) >= 11 is 2.20. The molecule has 22 heavy (non-hydrogen) atoms. The van der Waals surface area contributed by atoms with Crippen LogP contribution in [-0.4, -0.2) is 32.2 Å². The van der Waals surface area contributed by atoms with E-state index in [2.05, 4.69) is 32.8 Å². The Morgan fingerprint density at radius 3 is 2.50 bits per heavy atom. The molecule has 1 amide bonds. The molecule has 2 aromatic rings. The number of amides is 1. The van der Waals surface area contributed by atoms with Gasteiger partial charge in [-0.05, 0) is 65.1 Å². The molecule has 0 atom stereocenters. The first-order chi connectivity index (χ1) is 10.7. The largest absolute Gasteiger partial charge is 0.378 e. The van der Waals surface area contributed by atoms with Crippen LogP contribution in [0.3, 0.4) is 0 Å². The van der Waals surface area contributed by atoms with E-state index in [9.17, 15) is 4.79 Å². The summed E-state index contributed by atoms with van der Waals surface area (Å²) in [5, 5.41) is 2.93. The van der Waals surface area contributed by atoms with Gasteiger partial charge in [0.15, 0.2) is 0 Å². The van der Waals surface area contributed by atoms with Crippen LogP contribution in [0.4, 0.5) is 11.4 Å². The molecule has 0 bridgehead atoms. The number of morpholine rings is 1. The van der Waals surface area contributed by atoms with Crippen molar-refractivity contribution in [2.45, 2.75) is 0 Å². The molecule has 114 valence electrons. The first kappa shape index (κ1) is 15.3. The van der Waals surface area contributed by atoms with Gasteiger partial charge in [0, 0.05) is 33.6 Å². The number of anilines is 2. The second-order valence-corrected chi connectivity index (χ2v) is 6.36. The summed E-state index contributed by atoms with van der Waals surface area (Å²) < 4.78 is 6.41. The lowest BCUT2D eigenvalue weighted by Crippen LogP contribution is -2.36. The molecule has 3 rings (SSSR count). The number of hydrogen-bond acceptors (Lipinski definition) is 3. The molecule has 4 nitrogen and oxygen atoms in total. The maximum absolute atomic E-state index is 12.2. The highest BCUT2D eigenvalue weighted by atomic mass is 127. The fourth-order valence-corrected chi connectivity index (χ4v) is 2.95. The SMILES string of the molecule is O=C(Nc1ccc(N2CCOCC2)cc1)c1cccc(I)c1. The van der Waals surface area contributed by atoms with Crippen LogP contribution < -0.4 is 10.2 Å². The van der Waals surface area contributed by atoms with Crippen molar-refractivity contribution in [2.24, 2.45) is 0 Å². The molecule has 5 heteroatoms. The molecule has 1 heterocycles. The zero-order valence-corrected chi connectivity index (χ0v) is 14.2. The van der Waals surface area contributed by atoms with E-state index in [1.807, 2.05) is 48.5 Å². The minimum Gasteiger partial charge on any atom is -0.378 e. The van der Waals surface area contributed by atoms with Gasteiger partial charge in [-0.1, -0.05) is 6.07 Å². The third-order valence-corrected chi connectivity index (χ3v) is 4.26. The fourth-order valence-electron chi connectivity index (χ4n) is 2.41. The van der Waals surface area contributed by atoms with Gasteiger partial charge >= 0.3 is 0 Å². The second-order valence-electron chi connectivity index (χ2n) is 5.11. The average Bonchev–Trinajstić information content (AvgIpc) is 2.56. The minimum absolute atomic E-state index is 0.0855. The average molecular weight is 408 g/mol. The monoisotopic (exact) mass is 408 g/mol. The summed E-state index contributed by atoms with van der Waals surface area (Å²) in [6, 6.07) is 15.5. The molecule has 1 N–H and O–H groups in total. The van der Waals surface area contributed by atoms with E-state index in [-0.39, 0.29) is 5.91 Å². The standard InChI is InChI=1S/C17H17IN2O2/c18-14-3-1-2-13(12-14)17(21)19-15-4-6-16(7-5-15)20-8-10-22-11-9-20/h1-7,12H,8-11H2,(H,19,21). The van der Waals surface area contributed by atoms with Crippen LogP contribution in [0.2, 0.25) is 0 Å². The van der Waals surface area contributed by atoms with Crippen LogP contribution in [0.1, 0.15) is 10.4 Å². The van der Waals surface area contributed by atoms with Gasteiger partial charge in [0.1, 0.15) is 0 Å². The van der Waals surface area contributed by atoms with Crippen molar-refractivity contribution in [3.63, 3.8) is 0 Å². The number of benzene rings is 2. The maximum Gasteiger partial charge on any atom is 0.255 e. The molecule has 0 radical (unpaired) electrons. The topological polar surface area (TPSA) is 41.6 Å². The molecule has 0 aliphatic carbocycles. The van der Waals surface area contributed by atoms with Crippen LogP contribution in [0.15, 0.2) is 48.5 Å². The molecule has 1 aliphatic rings. The van der Waals surface area contributed by atoms with Gasteiger partial charge < -0.3 is 15.0 Å². The van der Waals surface area contributed by atoms with Crippen LogP contribution in [0, 0.1) is 3.57 Å². The van der Waals surface area contributed by atoms with Gasteiger partial charge in [-0.2, -0.15) is 0 Å². The number of carbonyl (C=O) groups is 1. The molecule has 0 aromatic heterocycles. The highest BCUT2D eigenvalue weighted by Gasteiger charge is 2.11. The molecule has 1 saturated heterocycles. The van der Waals surface area contributed by atoms with Crippen molar-refractivity contribution < 1.29 is 9.53 Å². The smallest absolute Gasteiger partial charge is 0.255 e. The highest BCUT2D eigenvalue weighted by Crippen LogP contribution is 2.19. The molecular formula is C17H17IN2O2. The van der Waals surface area contributed by atoms with Crippen LogP contribution in [-0.2, 0) is 4.74 Å². The van der Waals surface area contributed by atoms with E-state index < -0.39 is 0 Å². The minimum atomic E-state index is -0.0855. The van der Waals surface area contributed by atoms with Gasteiger partial charge in [0.2, 0.25) is 0 Å². The lowest BCUT2D eigenvalue weighted by molar-refractivity contribution is 0.102. The van der Waals surface area contributed by atoms with Crippen molar-refractivity contribution in [3.8, 4) is 0 Å². The Bertz CT molecular complexity index is 652. The molecular weight excluding hydrogens is 391 g/mol. The van der Waals surface area contributed by atoms with E-state index in [1.165, 1.54) is 0 Å². The Balaban J connectivity index is 1.66. The second kappa shape index (κ2) is 7.11. The van der Waals surface area contributed by atoms with E-state index >= 15 is 0 Å². The molecule has 1 fully saturated rings. The molecule has 1 aliphatic heterocycles. The number of ether oxygens (including phenoxy) is 1. The Morgan fingerprint density at radius 1 is 1.09 bits per heavy atom. The Hall–Kier alpha value is -1.60. The van der Waals surface area contributed by atoms with Crippen LogP contribution in [0.25, 0.3) is 0 Å². The van der Waals surface area contributed by atoms with Gasteiger partial charge in [-0.15, -0.1) is 0 Å². The first-order valence-corrected chi connectivity index (χ1v) is 8.30. The van der Waals surface area contributed by atoms with E-state index in [0.717, 1.165) is 41.2 Å². The van der Waals surface area contributed by atoms with Crippen molar-refractivity contribution in [1.82, 2.24) is 0 Å². The number of nitrogens with zero attached hydrogens (tertiary/aromatic N) is 1. The Labute approximate surface area is 143 Å². The Kier molecular flexibility index (Phi) is 4.94. The van der Waals surface area contributed by atoms with E-state index in [0.29, 0.717) is 5.56 Å². The third-order valence-electron chi connectivity index (χ3n) is 3.59. The van der Waals surface area contributed by atoms with Crippen molar-refractivity contribution in [1.29, 1.82) is 0 Å². The van der Waals surface area contributed by atoms with Crippen LogP contribution in [0.5, 0.6) is 0 Å². The fraction of sp³-hybridized carbons (Fsp3) is 0.235. The first-order valence-electron chi connectivity index (χ1n) is 7.22. The number of nitrogens with one attached hydrogen (secondary N) is 1. The van der Waals surface area contributed by atoms with E-state index in [4.69, 9.17) is 4.74 Å². The summed E-state index contributed by atoms with van der Waals surface area (Å²) in [4.78, 5) is 14.5. The third kappa shape index (κ3) is 3.78. The predicted molar refractivity (Wildman–Crippen MR) is 96.6 cm³/mol. The number of carbonyl (C=O) groups excluding carboxylic acids is 1. The van der Waals surface area contributed by atoms with Gasteiger partial charge in [-0.3, -0.25) is 4.79 Å². The zero-order valence-electron chi connectivity index (χ0n) is 12.1. The Morgan fingerprint density at radius 2 is 1.82 bits per heavy atom. The highest BCUT2D eigenvalue weighted by molar-refractivity contribution is 14.1.